The normalized spacial score (nSPS) is 19.7. The standard InChI is InChI=1S/C30H49NO2S/c1-21(34-24-19-25(29(2,3)4)28(33)26(20-24)30(5,6)7)18-27(32)31(22-14-10-8-11-15-22)23-16-12-9-13-17-23/h19-23,33H,8-18H2,1-7H3. The zero-order valence-corrected chi connectivity index (χ0v) is 23.7. The van der Waals surface area contributed by atoms with Crippen molar-refractivity contribution in [1.82, 2.24) is 4.90 Å². The van der Waals surface area contributed by atoms with Crippen LogP contribution in [-0.4, -0.2) is 33.2 Å². The molecule has 0 heterocycles. The molecule has 0 bridgehead atoms. The second-order valence-electron chi connectivity index (χ2n) is 12.9. The van der Waals surface area contributed by atoms with Crippen molar-refractivity contribution >= 4 is 17.7 Å². The largest absolute Gasteiger partial charge is 0.507 e. The van der Waals surface area contributed by atoms with Gasteiger partial charge in [-0.1, -0.05) is 87.0 Å². The predicted octanol–water partition coefficient (Wildman–Crippen LogP) is 8.35. The Morgan fingerprint density at radius 1 is 0.882 bits per heavy atom. The molecule has 2 fully saturated rings. The first-order valence-electron chi connectivity index (χ1n) is 13.7. The average Bonchev–Trinajstić information content (AvgIpc) is 2.75. The molecular weight excluding hydrogens is 438 g/mol. The Kier molecular flexibility index (Phi) is 9.09. The summed E-state index contributed by atoms with van der Waals surface area (Å²) in [6.07, 6.45) is 13.1. The van der Waals surface area contributed by atoms with Gasteiger partial charge in [-0.2, -0.15) is 0 Å². The highest BCUT2D eigenvalue weighted by molar-refractivity contribution is 8.00. The van der Waals surface area contributed by atoms with E-state index in [1.54, 1.807) is 11.8 Å². The van der Waals surface area contributed by atoms with Crippen LogP contribution >= 0.6 is 11.8 Å². The lowest BCUT2D eigenvalue weighted by Gasteiger charge is -2.42. The van der Waals surface area contributed by atoms with Crippen LogP contribution in [0.3, 0.4) is 0 Å². The molecule has 0 radical (unpaired) electrons. The fraction of sp³-hybridized carbons (Fsp3) is 0.767. The lowest BCUT2D eigenvalue weighted by Crippen LogP contribution is -2.49. The van der Waals surface area contributed by atoms with E-state index in [9.17, 15) is 9.90 Å². The number of carbonyl (C=O) groups excluding carboxylic acids is 1. The molecule has 1 aromatic carbocycles. The van der Waals surface area contributed by atoms with Gasteiger partial charge in [0.1, 0.15) is 5.75 Å². The van der Waals surface area contributed by atoms with Crippen LogP contribution in [0, 0.1) is 0 Å². The van der Waals surface area contributed by atoms with Gasteiger partial charge in [-0.05, 0) is 48.6 Å². The first-order valence-corrected chi connectivity index (χ1v) is 14.6. The number of amides is 1. The van der Waals surface area contributed by atoms with E-state index in [2.05, 4.69) is 65.5 Å². The smallest absolute Gasteiger partial charge is 0.224 e. The molecule has 1 unspecified atom stereocenters. The number of thioether (sulfide) groups is 1. The van der Waals surface area contributed by atoms with Gasteiger partial charge in [-0.15, -0.1) is 11.8 Å². The molecule has 2 aliphatic carbocycles. The molecule has 2 saturated carbocycles. The molecule has 34 heavy (non-hydrogen) atoms. The van der Waals surface area contributed by atoms with Crippen molar-refractivity contribution in [3.8, 4) is 5.75 Å². The summed E-state index contributed by atoms with van der Waals surface area (Å²) in [7, 11) is 0. The number of benzene rings is 1. The van der Waals surface area contributed by atoms with Gasteiger partial charge in [0.15, 0.2) is 0 Å². The molecule has 1 amide bonds. The number of hydrogen-bond acceptors (Lipinski definition) is 3. The lowest BCUT2D eigenvalue weighted by atomic mass is 9.79. The van der Waals surface area contributed by atoms with E-state index in [4.69, 9.17) is 0 Å². The Labute approximate surface area is 213 Å². The van der Waals surface area contributed by atoms with Crippen LogP contribution in [-0.2, 0) is 15.6 Å². The van der Waals surface area contributed by atoms with Gasteiger partial charge in [0.2, 0.25) is 5.91 Å². The van der Waals surface area contributed by atoms with Gasteiger partial charge in [-0.3, -0.25) is 4.79 Å². The number of carbonyl (C=O) groups is 1. The van der Waals surface area contributed by atoms with Crippen LogP contribution in [0.2, 0.25) is 0 Å². The fourth-order valence-corrected chi connectivity index (χ4v) is 6.93. The van der Waals surface area contributed by atoms with Crippen LogP contribution in [0.4, 0.5) is 0 Å². The fourth-order valence-electron chi connectivity index (χ4n) is 5.87. The Morgan fingerprint density at radius 2 is 1.29 bits per heavy atom. The molecule has 4 heteroatoms. The average molecular weight is 488 g/mol. The molecule has 1 atom stereocenters. The molecule has 1 aromatic rings. The SMILES string of the molecule is CC(CC(=O)N(C1CCCCC1)C1CCCCC1)Sc1cc(C(C)(C)C)c(O)c(C(C)(C)C)c1. The van der Waals surface area contributed by atoms with Crippen molar-refractivity contribution < 1.29 is 9.90 Å². The van der Waals surface area contributed by atoms with Crippen LogP contribution in [0.5, 0.6) is 5.75 Å². The third-order valence-corrected chi connectivity index (χ3v) is 8.80. The Morgan fingerprint density at radius 3 is 1.68 bits per heavy atom. The number of phenols is 1. The zero-order chi connectivity index (χ0) is 25.1. The monoisotopic (exact) mass is 487 g/mol. The van der Waals surface area contributed by atoms with Gasteiger partial charge in [0.25, 0.3) is 0 Å². The third-order valence-electron chi connectivity index (χ3n) is 7.72. The maximum Gasteiger partial charge on any atom is 0.224 e. The van der Waals surface area contributed by atoms with Crippen LogP contribution in [0.15, 0.2) is 17.0 Å². The van der Waals surface area contributed by atoms with Crippen molar-refractivity contribution in [2.45, 2.75) is 152 Å². The maximum atomic E-state index is 13.7. The maximum absolute atomic E-state index is 13.7. The molecule has 0 aromatic heterocycles. The van der Waals surface area contributed by atoms with Crippen molar-refractivity contribution in [1.29, 1.82) is 0 Å². The van der Waals surface area contributed by atoms with E-state index in [1.807, 2.05) is 0 Å². The summed E-state index contributed by atoms with van der Waals surface area (Å²) >= 11 is 1.79. The molecule has 0 saturated heterocycles. The van der Waals surface area contributed by atoms with E-state index >= 15 is 0 Å². The first-order chi connectivity index (χ1) is 15.9. The third kappa shape index (κ3) is 6.95. The number of rotatable bonds is 6. The van der Waals surface area contributed by atoms with Crippen molar-refractivity contribution in [2.75, 3.05) is 0 Å². The second-order valence-corrected chi connectivity index (χ2v) is 14.4. The summed E-state index contributed by atoms with van der Waals surface area (Å²) < 4.78 is 0. The zero-order valence-electron chi connectivity index (χ0n) is 22.9. The van der Waals surface area contributed by atoms with Gasteiger partial charge in [0, 0.05) is 39.8 Å². The number of phenolic OH excluding ortho intramolecular Hbond substituents is 1. The highest BCUT2D eigenvalue weighted by Gasteiger charge is 2.33. The van der Waals surface area contributed by atoms with E-state index in [0.717, 1.165) is 16.0 Å². The molecule has 3 nitrogen and oxygen atoms in total. The minimum absolute atomic E-state index is 0.140. The molecule has 3 rings (SSSR count). The molecular formula is C30H49NO2S. The lowest BCUT2D eigenvalue weighted by molar-refractivity contribution is -0.137. The number of hydrogen-bond donors (Lipinski definition) is 1. The summed E-state index contributed by atoms with van der Waals surface area (Å²) in [5, 5.41) is 11.3. The summed E-state index contributed by atoms with van der Waals surface area (Å²) in [6, 6.07) is 5.21. The molecule has 0 aliphatic heterocycles. The molecule has 1 N–H and O–H groups in total. The van der Waals surface area contributed by atoms with Crippen LogP contribution in [0.25, 0.3) is 0 Å². The van der Waals surface area contributed by atoms with Gasteiger partial charge >= 0.3 is 0 Å². The first kappa shape index (κ1) is 27.4. The van der Waals surface area contributed by atoms with Crippen molar-refractivity contribution in [3.63, 3.8) is 0 Å². The van der Waals surface area contributed by atoms with Crippen LogP contribution in [0.1, 0.15) is 130 Å². The highest BCUT2D eigenvalue weighted by Crippen LogP contribution is 2.43. The Bertz CT molecular complexity index is 770. The summed E-state index contributed by atoms with van der Waals surface area (Å²) in [6.45, 7) is 15.1. The van der Waals surface area contributed by atoms with Crippen molar-refractivity contribution in [2.24, 2.45) is 0 Å². The Balaban J connectivity index is 1.79. The summed E-state index contributed by atoms with van der Waals surface area (Å²) in [4.78, 5) is 17.2. The number of aromatic hydroxyl groups is 1. The molecule has 0 spiro atoms. The minimum atomic E-state index is -0.140. The Hall–Kier alpha value is -1.16. The van der Waals surface area contributed by atoms with E-state index in [-0.39, 0.29) is 16.1 Å². The summed E-state index contributed by atoms with van der Waals surface area (Å²) in [5.74, 6) is 0.790. The second kappa shape index (κ2) is 11.3. The molecule has 192 valence electrons. The number of nitrogens with zero attached hydrogens (tertiary/aromatic N) is 1. The highest BCUT2D eigenvalue weighted by atomic mass is 32.2. The van der Waals surface area contributed by atoms with E-state index in [1.165, 1.54) is 64.2 Å². The quantitative estimate of drug-likeness (QED) is 0.410. The van der Waals surface area contributed by atoms with Crippen LogP contribution < -0.4 is 0 Å². The van der Waals surface area contributed by atoms with Gasteiger partial charge < -0.3 is 10.0 Å². The van der Waals surface area contributed by atoms with E-state index < -0.39 is 0 Å². The van der Waals surface area contributed by atoms with E-state index in [0.29, 0.717) is 30.2 Å². The van der Waals surface area contributed by atoms with Gasteiger partial charge in [-0.25, -0.2) is 0 Å². The minimum Gasteiger partial charge on any atom is -0.507 e. The summed E-state index contributed by atoms with van der Waals surface area (Å²) in [5.41, 5.74) is 1.70. The van der Waals surface area contributed by atoms with Crippen molar-refractivity contribution in [3.05, 3.63) is 23.3 Å². The molecule has 2 aliphatic rings. The van der Waals surface area contributed by atoms with Gasteiger partial charge in [0.05, 0.1) is 0 Å². The topological polar surface area (TPSA) is 40.5 Å². The predicted molar refractivity (Wildman–Crippen MR) is 146 cm³/mol.